The van der Waals surface area contributed by atoms with Crippen LogP contribution < -0.4 is 66.9 Å². The number of amides is 2. The SMILES string of the molecule is CC1CCCCN1c1ccc(NC(=O)c2cccc([N-]CCN3CCOCC3)c2)c(-c2cc(C(=O)NCc3cccc(C(F)(F)F)c3)ccn2)c1.[K+]. The van der Waals surface area contributed by atoms with Crippen molar-refractivity contribution in [2.24, 2.45) is 0 Å². The summed E-state index contributed by atoms with van der Waals surface area (Å²) in [4.78, 5) is 36.1. The number of hydrogen-bond acceptors (Lipinski definition) is 6. The molecule has 1 atom stereocenters. The molecular formula is C39H42F3KN6O3. The number of aromatic nitrogens is 1. The van der Waals surface area contributed by atoms with Crippen LogP contribution in [0.2, 0.25) is 0 Å². The van der Waals surface area contributed by atoms with Crippen molar-refractivity contribution in [3.05, 3.63) is 113 Å². The van der Waals surface area contributed by atoms with E-state index in [4.69, 9.17) is 10.1 Å². The summed E-state index contributed by atoms with van der Waals surface area (Å²) in [5.41, 5.74) is 3.63. The Morgan fingerprint density at radius 2 is 1.71 bits per heavy atom. The number of ether oxygens (including phenoxy) is 1. The maximum Gasteiger partial charge on any atom is 1.00 e. The van der Waals surface area contributed by atoms with E-state index >= 15 is 0 Å². The monoisotopic (exact) mass is 738 g/mol. The van der Waals surface area contributed by atoms with Gasteiger partial charge in [-0.2, -0.15) is 13.2 Å². The minimum atomic E-state index is -4.48. The zero-order valence-corrected chi connectivity index (χ0v) is 32.7. The van der Waals surface area contributed by atoms with Gasteiger partial charge in [0.05, 0.1) is 30.2 Å². The Morgan fingerprint density at radius 3 is 2.50 bits per heavy atom. The molecule has 52 heavy (non-hydrogen) atoms. The Bertz CT molecular complexity index is 1840. The molecule has 3 aromatic carbocycles. The van der Waals surface area contributed by atoms with Crippen LogP contribution in [0.15, 0.2) is 85.1 Å². The number of piperidine rings is 1. The van der Waals surface area contributed by atoms with E-state index in [1.165, 1.54) is 18.3 Å². The number of rotatable bonds is 11. The number of nitrogens with zero attached hydrogens (tertiary/aromatic N) is 4. The molecule has 2 aliphatic heterocycles. The second-order valence-electron chi connectivity index (χ2n) is 12.9. The Kier molecular flexibility index (Phi) is 14.3. The van der Waals surface area contributed by atoms with Crippen LogP contribution >= 0.6 is 0 Å². The molecule has 2 amide bonds. The molecular weight excluding hydrogens is 697 g/mol. The first-order chi connectivity index (χ1) is 24.6. The van der Waals surface area contributed by atoms with E-state index in [9.17, 15) is 22.8 Å². The smallest absolute Gasteiger partial charge is 0.683 e. The van der Waals surface area contributed by atoms with Gasteiger partial charge >= 0.3 is 57.6 Å². The first-order valence-electron chi connectivity index (χ1n) is 17.3. The number of halogens is 3. The largest absolute Gasteiger partial charge is 1.00 e. The van der Waals surface area contributed by atoms with Crippen molar-refractivity contribution in [2.45, 2.75) is 44.9 Å². The molecule has 1 aromatic heterocycles. The third-order valence-corrected chi connectivity index (χ3v) is 9.31. The van der Waals surface area contributed by atoms with Crippen LogP contribution in [0.5, 0.6) is 0 Å². The van der Waals surface area contributed by atoms with Crippen molar-refractivity contribution in [3.63, 3.8) is 0 Å². The fourth-order valence-electron chi connectivity index (χ4n) is 6.46. The van der Waals surface area contributed by atoms with Gasteiger partial charge in [-0.25, -0.2) is 0 Å². The average Bonchev–Trinajstić information content (AvgIpc) is 3.14. The van der Waals surface area contributed by atoms with Gasteiger partial charge in [-0.15, -0.1) is 12.2 Å². The summed E-state index contributed by atoms with van der Waals surface area (Å²) in [6, 6.07) is 21.4. The fourth-order valence-corrected chi connectivity index (χ4v) is 6.46. The van der Waals surface area contributed by atoms with Crippen LogP contribution in [0.3, 0.4) is 0 Å². The van der Waals surface area contributed by atoms with Gasteiger partial charge in [-0.05, 0) is 86.8 Å². The van der Waals surface area contributed by atoms with E-state index in [2.05, 4.69) is 32.3 Å². The van der Waals surface area contributed by atoms with E-state index in [0.717, 1.165) is 82.2 Å². The van der Waals surface area contributed by atoms with Crippen molar-refractivity contribution in [1.82, 2.24) is 15.2 Å². The summed E-state index contributed by atoms with van der Waals surface area (Å²) in [5, 5.41) is 10.5. The number of nitrogens with one attached hydrogen (secondary N) is 2. The van der Waals surface area contributed by atoms with Gasteiger partial charge in [-0.1, -0.05) is 30.3 Å². The second kappa shape index (κ2) is 18.6. The van der Waals surface area contributed by atoms with Crippen LogP contribution in [0.4, 0.5) is 30.2 Å². The fraction of sp³-hybridized carbons (Fsp3) is 0.359. The number of hydrogen-bond donors (Lipinski definition) is 2. The van der Waals surface area contributed by atoms with Crippen molar-refractivity contribution < 1.29 is 78.9 Å². The molecule has 0 aliphatic carbocycles. The van der Waals surface area contributed by atoms with Gasteiger partial charge in [-0.3, -0.25) is 14.6 Å². The zero-order valence-electron chi connectivity index (χ0n) is 29.6. The van der Waals surface area contributed by atoms with Gasteiger partial charge in [0.1, 0.15) is 0 Å². The number of anilines is 2. The summed E-state index contributed by atoms with van der Waals surface area (Å²) in [7, 11) is 0. The Morgan fingerprint density at radius 1 is 0.923 bits per heavy atom. The topological polar surface area (TPSA) is 101 Å². The zero-order chi connectivity index (χ0) is 35.8. The molecule has 2 N–H and O–H groups in total. The summed E-state index contributed by atoms with van der Waals surface area (Å²) in [5.74, 6) is -0.771. The van der Waals surface area contributed by atoms with Gasteiger partial charge in [0, 0.05) is 60.8 Å². The maximum absolute atomic E-state index is 13.7. The number of alkyl halides is 3. The van der Waals surface area contributed by atoms with E-state index < -0.39 is 17.6 Å². The van der Waals surface area contributed by atoms with Crippen molar-refractivity contribution >= 4 is 28.9 Å². The standard InChI is InChI=1S/C39H42F3N6O3.K/c1-27-6-2-3-16-48(27)33-11-12-35(46-38(50)29-8-5-10-32(23-29)43-15-17-47-18-20-51-21-19-47)34(25-33)36-24-30(13-14-44-36)37(49)45-26-28-7-4-9-31(22-28)39(40,41)42;/h4-5,7-14,22-25,27H,2-3,6,15-21,26H2,1H3,(H,45,49)(H,44,46,50);/q-1;+1. The normalized spacial score (nSPS) is 16.5. The number of morpholine rings is 1. The first kappa shape index (κ1) is 39.9. The third kappa shape index (κ3) is 10.6. The Labute approximate surface area is 345 Å². The minimum absolute atomic E-state index is 0. The molecule has 3 heterocycles. The van der Waals surface area contributed by atoms with Crippen molar-refractivity contribution in [2.75, 3.05) is 56.2 Å². The average molecular weight is 739 g/mol. The van der Waals surface area contributed by atoms with Gasteiger partial charge in [0.15, 0.2) is 0 Å². The molecule has 0 saturated carbocycles. The maximum atomic E-state index is 13.7. The number of carbonyl (C=O) groups excluding carboxylic acids is 2. The van der Waals surface area contributed by atoms with Crippen LogP contribution in [-0.2, 0) is 17.5 Å². The van der Waals surface area contributed by atoms with Crippen molar-refractivity contribution in [1.29, 1.82) is 0 Å². The van der Waals surface area contributed by atoms with E-state index in [1.807, 2.05) is 30.3 Å². The summed E-state index contributed by atoms with van der Waals surface area (Å²) in [6.45, 7) is 7.68. The molecule has 6 rings (SSSR count). The number of pyridine rings is 1. The Balaban J connectivity index is 0.00000523. The van der Waals surface area contributed by atoms with Gasteiger partial charge in [0.2, 0.25) is 0 Å². The molecule has 0 radical (unpaired) electrons. The molecule has 2 fully saturated rings. The quantitative estimate of drug-likeness (QED) is 0.217. The molecule has 13 heteroatoms. The summed E-state index contributed by atoms with van der Waals surface area (Å²) in [6.07, 6.45) is 0.344. The predicted molar refractivity (Wildman–Crippen MR) is 192 cm³/mol. The van der Waals surface area contributed by atoms with E-state index in [-0.39, 0.29) is 69.4 Å². The van der Waals surface area contributed by atoms with Gasteiger partial charge in [0.25, 0.3) is 11.8 Å². The number of carbonyl (C=O) groups is 2. The molecule has 9 nitrogen and oxygen atoms in total. The predicted octanol–water partition coefficient (Wildman–Crippen LogP) is 4.67. The molecule has 0 bridgehead atoms. The van der Waals surface area contributed by atoms with E-state index in [1.54, 1.807) is 24.3 Å². The molecule has 2 aliphatic rings. The van der Waals surface area contributed by atoms with Crippen molar-refractivity contribution in [3.8, 4) is 11.3 Å². The van der Waals surface area contributed by atoms with Gasteiger partial charge < -0.3 is 30.5 Å². The van der Waals surface area contributed by atoms with Crippen LogP contribution in [0.1, 0.15) is 58.0 Å². The summed E-state index contributed by atoms with van der Waals surface area (Å²) >= 11 is 0. The second-order valence-corrected chi connectivity index (χ2v) is 12.9. The molecule has 4 aromatic rings. The Hall–Kier alpha value is -3.30. The van der Waals surface area contributed by atoms with E-state index in [0.29, 0.717) is 40.7 Å². The number of benzene rings is 3. The van der Waals surface area contributed by atoms with Crippen LogP contribution in [0.25, 0.3) is 16.6 Å². The third-order valence-electron chi connectivity index (χ3n) is 9.31. The van der Waals surface area contributed by atoms with Crippen LogP contribution in [0, 0.1) is 0 Å². The molecule has 0 spiro atoms. The first-order valence-corrected chi connectivity index (χ1v) is 17.3. The molecule has 1 unspecified atom stereocenters. The summed E-state index contributed by atoms with van der Waals surface area (Å²) < 4.78 is 45.0. The molecule has 2 saturated heterocycles. The minimum Gasteiger partial charge on any atom is -0.683 e. The van der Waals surface area contributed by atoms with Crippen LogP contribution in [-0.4, -0.2) is 73.7 Å². The molecule has 268 valence electrons.